The van der Waals surface area contributed by atoms with Crippen molar-refractivity contribution < 1.29 is 26.3 Å². The molecule has 12 heteroatoms. The molecule has 4 rings (SSSR count). The largest absolute Gasteiger partial charge is 0.573 e. The summed E-state index contributed by atoms with van der Waals surface area (Å²) in [7, 11) is -3.32. The van der Waals surface area contributed by atoms with Gasteiger partial charge in [0, 0.05) is 36.8 Å². The highest BCUT2D eigenvalue weighted by atomic mass is 32.2. The second-order valence-electron chi connectivity index (χ2n) is 6.75. The molecule has 0 aliphatic rings. The molecule has 170 valence electrons. The second kappa shape index (κ2) is 8.54. The summed E-state index contributed by atoms with van der Waals surface area (Å²) in [5.74, 6) is -0.844. The highest BCUT2D eigenvalue weighted by Crippen LogP contribution is 2.31. The zero-order valence-electron chi connectivity index (χ0n) is 17.0. The number of hydrazone groups is 1. The summed E-state index contributed by atoms with van der Waals surface area (Å²) >= 11 is 0. The van der Waals surface area contributed by atoms with Crippen LogP contribution in [-0.2, 0) is 10.0 Å². The minimum atomic E-state index is -5.05. The first-order valence-corrected chi connectivity index (χ1v) is 10.8. The maximum absolute atomic E-state index is 12.8. The molecular weight excluding hydrogens is 459 g/mol. The van der Waals surface area contributed by atoms with Crippen LogP contribution in [0.2, 0.25) is 0 Å². The first-order valence-electron chi connectivity index (χ1n) is 9.40. The maximum atomic E-state index is 12.8. The van der Waals surface area contributed by atoms with Gasteiger partial charge in [0.2, 0.25) is 0 Å². The van der Waals surface area contributed by atoms with Crippen molar-refractivity contribution in [1.29, 1.82) is 0 Å². The zero-order valence-corrected chi connectivity index (χ0v) is 17.8. The average molecular weight is 475 g/mol. The number of para-hydroxylation sites is 1. The molecule has 0 aliphatic heterocycles. The van der Waals surface area contributed by atoms with Crippen molar-refractivity contribution in [3.63, 3.8) is 0 Å². The summed E-state index contributed by atoms with van der Waals surface area (Å²) < 4.78 is 69.8. The Labute approximate surface area is 186 Å². The molecule has 33 heavy (non-hydrogen) atoms. The Morgan fingerprint density at radius 3 is 2.58 bits per heavy atom. The number of imidazole rings is 1. The molecule has 0 amide bonds. The maximum Gasteiger partial charge on any atom is 0.573 e. The lowest BCUT2D eigenvalue weighted by Crippen LogP contribution is -2.24. The van der Waals surface area contributed by atoms with E-state index in [1.165, 1.54) is 24.5 Å². The van der Waals surface area contributed by atoms with Crippen LogP contribution in [0.15, 0.2) is 83.3 Å². The van der Waals surface area contributed by atoms with Crippen LogP contribution < -0.4 is 4.74 Å². The van der Waals surface area contributed by atoms with Crippen molar-refractivity contribution in [3.8, 4) is 16.9 Å². The van der Waals surface area contributed by atoms with Crippen LogP contribution in [0.5, 0.6) is 5.75 Å². The number of fused-ring (bicyclic) bond motifs is 1. The van der Waals surface area contributed by atoms with Gasteiger partial charge in [-0.3, -0.25) is 9.38 Å². The Morgan fingerprint density at radius 2 is 1.85 bits per heavy atom. The number of hydrogen-bond donors (Lipinski definition) is 0. The summed E-state index contributed by atoms with van der Waals surface area (Å²) in [4.78, 5) is 7.67. The van der Waals surface area contributed by atoms with Gasteiger partial charge in [-0.2, -0.15) is 17.9 Å². The van der Waals surface area contributed by atoms with Gasteiger partial charge in [0.25, 0.3) is 10.0 Å². The van der Waals surface area contributed by atoms with Crippen molar-refractivity contribution >= 4 is 21.9 Å². The lowest BCUT2D eigenvalue weighted by molar-refractivity contribution is -0.275. The molecule has 3 aromatic heterocycles. The van der Waals surface area contributed by atoms with Gasteiger partial charge in [-0.25, -0.2) is 4.98 Å². The molecule has 0 atom stereocenters. The predicted octanol–water partition coefficient (Wildman–Crippen LogP) is 3.95. The smallest absolute Gasteiger partial charge is 0.404 e. The molecule has 0 spiro atoms. The third-order valence-electron chi connectivity index (χ3n) is 4.58. The Kier molecular flexibility index (Phi) is 5.77. The van der Waals surface area contributed by atoms with E-state index < -0.39 is 27.0 Å². The predicted molar refractivity (Wildman–Crippen MR) is 114 cm³/mol. The summed E-state index contributed by atoms with van der Waals surface area (Å²) in [6.45, 7) is 0. The van der Waals surface area contributed by atoms with Crippen LogP contribution in [0.4, 0.5) is 13.2 Å². The van der Waals surface area contributed by atoms with Gasteiger partial charge in [0.1, 0.15) is 16.3 Å². The van der Waals surface area contributed by atoms with Crippen molar-refractivity contribution in [2.75, 3.05) is 7.05 Å². The first kappa shape index (κ1) is 22.3. The van der Waals surface area contributed by atoms with E-state index >= 15 is 0 Å². The zero-order chi connectivity index (χ0) is 23.6. The molecule has 0 fully saturated rings. The number of ether oxygens (including phenoxy) is 1. The van der Waals surface area contributed by atoms with Crippen molar-refractivity contribution in [2.24, 2.45) is 5.10 Å². The molecule has 3 heterocycles. The topological polar surface area (TPSA) is 89.2 Å². The highest BCUT2D eigenvalue weighted by molar-refractivity contribution is 7.89. The Hall–Kier alpha value is -3.93. The summed E-state index contributed by atoms with van der Waals surface area (Å²) in [5.41, 5.74) is 2.77. The molecule has 0 saturated carbocycles. The molecule has 0 bridgehead atoms. The van der Waals surface area contributed by atoms with Crippen LogP contribution in [0, 0.1) is 0 Å². The summed E-state index contributed by atoms with van der Waals surface area (Å²) in [5, 5.41) is 3.92. The summed E-state index contributed by atoms with van der Waals surface area (Å²) in [6.07, 6.45) is 2.85. The van der Waals surface area contributed by atoms with E-state index in [9.17, 15) is 21.6 Å². The van der Waals surface area contributed by atoms with E-state index in [1.54, 1.807) is 35.1 Å². The fourth-order valence-electron chi connectivity index (χ4n) is 3.02. The molecule has 0 saturated heterocycles. The van der Waals surface area contributed by atoms with Crippen LogP contribution in [0.3, 0.4) is 0 Å². The number of rotatable bonds is 6. The van der Waals surface area contributed by atoms with Crippen molar-refractivity contribution in [2.45, 2.75) is 11.3 Å². The van der Waals surface area contributed by atoms with Crippen LogP contribution in [0.1, 0.15) is 5.69 Å². The van der Waals surface area contributed by atoms with Gasteiger partial charge in [0.05, 0.1) is 18.1 Å². The van der Waals surface area contributed by atoms with Gasteiger partial charge in [-0.05, 0) is 30.3 Å². The van der Waals surface area contributed by atoms with Gasteiger partial charge in [0.15, 0.2) is 0 Å². The standard InChI is InChI=1S/C21H16F3N5O3S/c1-28(33(30,31)19-7-3-2-6-18(19)32-21(22,23)24)27-13-17-12-26-20-9-8-16(14-29(17)20)15-5-4-10-25-11-15/h2-14H,1H3/b27-13+. The van der Waals surface area contributed by atoms with E-state index in [-0.39, 0.29) is 0 Å². The number of benzene rings is 1. The number of alkyl halides is 3. The second-order valence-corrected chi connectivity index (χ2v) is 8.67. The van der Waals surface area contributed by atoms with Gasteiger partial charge in [-0.15, -0.1) is 13.2 Å². The Balaban J connectivity index is 1.65. The number of hydrogen-bond acceptors (Lipinski definition) is 6. The molecular formula is C21H16F3N5O3S. The normalized spacial score (nSPS) is 12.4. The van der Waals surface area contributed by atoms with E-state index in [1.807, 2.05) is 12.1 Å². The average Bonchev–Trinajstić information content (AvgIpc) is 3.19. The number of halogens is 3. The van der Waals surface area contributed by atoms with Crippen molar-refractivity contribution in [3.05, 3.63) is 79.0 Å². The minimum absolute atomic E-state index is 0.456. The van der Waals surface area contributed by atoms with Crippen LogP contribution in [-0.4, -0.2) is 46.8 Å². The third kappa shape index (κ3) is 4.80. The van der Waals surface area contributed by atoms with E-state index in [4.69, 9.17) is 0 Å². The molecule has 0 radical (unpaired) electrons. The fraction of sp³-hybridized carbons (Fsp3) is 0.0952. The lowest BCUT2D eigenvalue weighted by atomic mass is 10.1. The quantitative estimate of drug-likeness (QED) is 0.311. The van der Waals surface area contributed by atoms with Gasteiger partial charge >= 0.3 is 6.36 Å². The third-order valence-corrected chi connectivity index (χ3v) is 6.27. The fourth-order valence-corrected chi connectivity index (χ4v) is 4.09. The molecule has 0 N–H and O–H groups in total. The van der Waals surface area contributed by atoms with Crippen LogP contribution >= 0.6 is 0 Å². The molecule has 4 aromatic rings. The molecule has 0 unspecified atom stereocenters. The van der Waals surface area contributed by atoms with E-state index in [0.717, 1.165) is 30.3 Å². The van der Waals surface area contributed by atoms with Gasteiger partial charge < -0.3 is 4.74 Å². The monoisotopic (exact) mass is 475 g/mol. The Bertz CT molecular complexity index is 1420. The first-order chi connectivity index (χ1) is 15.6. The number of nitrogens with zero attached hydrogens (tertiary/aromatic N) is 5. The van der Waals surface area contributed by atoms with E-state index in [2.05, 4.69) is 19.8 Å². The SMILES string of the molecule is CN(/N=C/c1cnc2ccc(-c3cccnc3)cn12)S(=O)(=O)c1ccccc1OC(F)(F)F. The number of pyridine rings is 2. The number of sulfonamides is 1. The van der Waals surface area contributed by atoms with Gasteiger partial charge in [-0.1, -0.05) is 18.2 Å². The summed E-state index contributed by atoms with van der Waals surface area (Å²) in [6, 6.07) is 11.8. The molecule has 1 aromatic carbocycles. The van der Waals surface area contributed by atoms with E-state index in [0.29, 0.717) is 15.8 Å². The number of aromatic nitrogens is 3. The highest BCUT2D eigenvalue weighted by Gasteiger charge is 2.34. The Morgan fingerprint density at radius 1 is 1.06 bits per heavy atom. The van der Waals surface area contributed by atoms with Crippen LogP contribution in [0.25, 0.3) is 16.8 Å². The minimum Gasteiger partial charge on any atom is -0.404 e. The molecule has 8 nitrogen and oxygen atoms in total. The molecule has 0 aliphatic carbocycles. The van der Waals surface area contributed by atoms with Crippen molar-refractivity contribution in [1.82, 2.24) is 18.8 Å². The lowest BCUT2D eigenvalue weighted by Gasteiger charge is -2.17.